The second-order valence-electron chi connectivity index (χ2n) is 4.15. The quantitative estimate of drug-likeness (QED) is 0.921. The Morgan fingerprint density at radius 2 is 2.21 bits per heavy atom. The molecule has 0 bridgehead atoms. The van der Waals surface area contributed by atoms with Crippen LogP contribution in [-0.2, 0) is 6.42 Å². The van der Waals surface area contributed by atoms with Crippen molar-refractivity contribution in [2.75, 3.05) is 7.11 Å². The van der Waals surface area contributed by atoms with Gasteiger partial charge in [-0.05, 0) is 18.6 Å². The molecule has 1 aromatic heterocycles. The minimum absolute atomic E-state index is 0.136. The van der Waals surface area contributed by atoms with E-state index in [-0.39, 0.29) is 16.9 Å². The number of aryl methyl sites for hydroxylation is 1. The van der Waals surface area contributed by atoms with Crippen molar-refractivity contribution in [2.24, 2.45) is 0 Å². The highest BCUT2D eigenvalue weighted by atomic mass is 19.1. The number of ether oxygens (including phenoxy) is 1. The van der Waals surface area contributed by atoms with Crippen LogP contribution in [0.4, 0.5) is 4.39 Å². The van der Waals surface area contributed by atoms with E-state index < -0.39 is 5.82 Å². The van der Waals surface area contributed by atoms with Crippen LogP contribution in [0, 0.1) is 5.82 Å². The molecule has 100 valence electrons. The fourth-order valence-corrected chi connectivity index (χ4v) is 1.87. The molecule has 0 unspecified atom stereocenters. The molecule has 0 aliphatic rings. The normalized spacial score (nSPS) is 10.5. The highest BCUT2D eigenvalue weighted by molar-refractivity contribution is 5.62. The molecule has 1 aromatic carbocycles. The van der Waals surface area contributed by atoms with E-state index in [1.807, 2.05) is 6.92 Å². The maximum atomic E-state index is 14.1. The smallest absolute Gasteiger partial charge is 0.251 e. The van der Waals surface area contributed by atoms with Gasteiger partial charge in [-0.25, -0.2) is 9.37 Å². The number of H-pyrrole nitrogens is 1. The SMILES string of the molecule is CCCc1nc(-c2cccc(OC)c2F)cc(=O)[nH]1. The molecule has 0 amide bonds. The maximum absolute atomic E-state index is 14.1. The zero-order valence-corrected chi connectivity index (χ0v) is 10.9. The van der Waals surface area contributed by atoms with Crippen LogP contribution in [-0.4, -0.2) is 17.1 Å². The zero-order chi connectivity index (χ0) is 13.8. The summed E-state index contributed by atoms with van der Waals surface area (Å²) in [5, 5.41) is 0. The molecular formula is C14H15FN2O2. The van der Waals surface area contributed by atoms with Crippen LogP contribution in [0.3, 0.4) is 0 Å². The first-order valence-corrected chi connectivity index (χ1v) is 6.08. The Hall–Kier alpha value is -2.17. The number of nitrogens with one attached hydrogen (secondary N) is 1. The van der Waals surface area contributed by atoms with Gasteiger partial charge in [-0.1, -0.05) is 13.0 Å². The van der Waals surface area contributed by atoms with Gasteiger partial charge in [-0.3, -0.25) is 4.79 Å². The molecule has 4 nitrogen and oxygen atoms in total. The van der Waals surface area contributed by atoms with Gasteiger partial charge in [0, 0.05) is 18.1 Å². The minimum Gasteiger partial charge on any atom is -0.494 e. The predicted molar refractivity (Wildman–Crippen MR) is 70.8 cm³/mol. The van der Waals surface area contributed by atoms with Crippen molar-refractivity contribution >= 4 is 0 Å². The summed E-state index contributed by atoms with van der Waals surface area (Å²) < 4.78 is 19.1. The Kier molecular flexibility index (Phi) is 3.94. The first kappa shape index (κ1) is 13.3. The molecule has 2 aromatic rings. The van der Waals surface area contributed by atoms with Gasteiger partial charge >= 0.3 is 0 Å². The van der Waals surface area contributed by atoms with Crippen molar-refractivity contribution in [3.63, 3.8) is 0 Å². The Bertz CT molecular complexity index is 638. The van der Waals surface area contributed by atoms with Crippen molar-refractivity contribution in [3.05, 3.63) is 46.3 Å². The number of methoxy groups -OCH3 is 1. The van der Waals surface area contributed by atoms with Crippen molar-refractivity contribution < 1.29 is 9.13 Å². The Morgan fingerprint density at radius 1 is 1.42 bits per heavy atom. The van der Waals surface area contributed by atoms with Gasteiger partial charge in [0.15, 0.2) is 11.6 Å². The molecule has 1 heterocycles. The van der Waals surface area contributed by atoms with Crippen LogP contribution in [0.2, 0.25) is 0 Å². The summed E-state index contributed by atoms with van der Waals surface area (Å²) in [6, 6.07) is 6.06. The molecule has 0 saturated carbocycles. The van der Waals surface area contributed by atoms with E-state index in [4.69, 9.17) is 4.74 Å². The van der Waals surface area contributed by atoms with Gasteiger partial charge in [-0.2, -0.15) is 0 Å². The molecule has 0 atom stereocenters. The monoisotopic (exact) mass is 262 g/mol. The summed E-state index contributed by atoms with van der Waals surface area (Å²) in [4.78, 5) is 18.5. The largest absolute Gasteiger partial charge is 0.494 e. The van der Waals surface area contributed by atoms with Crippen molar-refractivity contribution in [1.82, 2.24) is 9.97 Å². The summed E-state index contributed by atoms with van der Waals surface area (Å²) in [5.74, 6) is 0.189. The second-order valence-corrected chi connectivity index (χ2v) is 4.15. The first-order chi connectivity index (χ1) is 9.15. The van der Waals surface area contributed by atoms with E-state index in [0.717, 1.165) is 6.42 Å². The van der Waals surface area contributed by atoms with Crippen LogP contribution < -0.4 is 10.3 Å². The van der Waals surface area contributed by atoms with Crippen LogP contribution in [0.5, 0.6) is 5.75 Å². The molecule has 1 N–H and O–H groups in total. The third-order valence-electron chi connectivity index (χ3n) is 2.74. The fourth-order valence-electron chi connectivity index (χ4n) is 1.87. The molecule has 0 radical (unpaired) electrons. The van der Waals surface area contributed by atoms with Gasteiger partial charge in [0.25, 0.3) is 5.56 Å². The lowest BCUT2D eigenvalue weighted by Gasteiger charge is -2.07. The van der Waals surface area contributed by atoms with Crippen LogP contribution in [0.1, 0.15) is 19.2 Å². The number of hydrogen-bond donors (Lipinski definition) is 1. The van der Waals surface area contributed by atoms with Crippen LogP contribution in [0.15, 0.2) is 29.1 Å². The van der Waals surface area contributed by atoms with Gasteiger partial charge in [-0.15, -0.1) is 0 Å². The second kappa shape index (κ2) is 5.65. The lowest BCUT2D eigenvalue weighted by atomic mass is 10.1. The third-order valence-corrected chi connectivity index (χ3v) is 2.74. The van der Waals surface area contributed by atoms with E-state index in [1.165, 1.54) is 19.2 Å². The van der Waals surface area contributed by atoms with Gasteiger partial charge in [0.2, 0.25) is 0 Å². The summed E-state index contributed by atoms with van der Waals surface area (Å²) in [6.45, 7) is 1.98. The number of rotatable bonds is 4. The molecule has 0 spiro atoms. The summed E-state index contributed by atoms with van der Waals surface area (Å²) in [5.41, 5.74) is 0.307. The van der Waals surface area contributed by atoms with E-state index in [9.17, 15) is 9.18 Å². The fraction of sp³-hybridized carbons (Fsp3) is 0.286. The number of halogens is 1. The minimum atomic E-state index is -0.509. The van der Waals surface area contributed by atoms with E-state index in [1.54, 1.807) is 12.1 Å². The lowest BCUT2D eigenvalue weighted by molar-refractivity contribution is 0.387. The first-order valence-electron chi connectivity index (χ1n) is 6.08. The summed E-state index contributed by atoms with van der Waals surface area (Å²) >= 11 is 0. The molecule has 0 aliphatic carbocycles. The average Bonchev–Trinajstić information content (AvgIpc) is 2.38. The van der Waals surface area contributed by atoms with Crippen LogP contribution in [0.25, 0.3) is 11.3 Å². The summed E-state index contributed by atoms with van der Waals surface area (Å²) in [6.07, 6.45) is 1.50. The molecular weight excluding hydrogens is 247 g/mol. The highest BCUT2D eigenvalue weighted by Gasteiger charge is 2.12. The predicted octanol–water partition coefficient (Wildman–Crippen LogP) is 2.54. The number of nitrogens with zero attached hydrogens (tertiary/aromatic N) is 1. The zero-order valence-electron chi connectivity index (χ0n) is 10.9. The maximum Gasteiger partial charge on any atom is 0.251 e. The van der Waals surface area contributed by atoms with E-state index in [0.29, 0.717) is 17.9 Å². The topological polar surface area (TPSA) is 55.0 Å². The average molecular weight is 262 g/mol. The number of aromatic amines is 1. The number of benzene rings is 1. The number of aromatic nitrogens is 2. The molecule has 0 saturated heterocycles. The van der Waals surface area contributed by atoms with Gasteiger partial charge in [0.05, 0.1) is 12.8 Å². The van der Waals surface area contributed by atoms with Gasteiger partial charge in [0.1, 0.15) is 5.82 Å². The standard InChI is InChI=1S/C14H15FN2O2/c1-3-5-12-16-10(8-13(18)17-12)9-6-4-7-11(19-2)14(9)15/h4,6-8H,3,5H2,1-2H3,(H,16,17,18). The van der Waals surface area contributed by atoms with Crippen LogP contribution >= 0.6 is 0 Å². The van der Waals surface area contributed by atoms with Crippen molar-refractivity contribution in [1.29, 1.82) is 0 Å². The van der Waals surface area contributed by atoms with E-state index >= 15 is 0 Å². The lowest BCUT2D eigenvalue weighted by Crippen LogP contribution is -2.11. The van der Waals surface area contributed by atoms with E-state index in [2.05, 4.69) is 9.97 Å². The molecule has 0 aliphatic heterocycles. The Labute approximate surface area is 110 Å². The Morgan fingerprint density at radius 3 is 2.89 bits per heavy atom. The number of hydrogen-bond acceptors (Lipinski definition) is 3. The summed E-state index contributed by atoms with van der Waals surface area (Å²) in [7, 11) is 1.40. The van der Waals surface area contributed by atoms with Crippen molar-refractivity contribution in [2.45, 2.75) is 19.8 Å². The molecule has 19 heavy (non-hydrogen) atoms. The molecule has 2 rings (SSSR count). The van der Waals surface area contributed by atoms with Gasteiger partial charge < -0.3 is 9.72 Å². The molecule has 0 fully saturated rings. The molecule has 5 heteroatoms. The Balaban J connectivity index is 2.55. The van der Waals surface area contributed by atoms with Crippen molar-refractivity contribution in [3.8, 4) is 17.0 Å². The highest BCUT2D eigenvalue weighted by Crippen LogP contribution is 2.27. The third kappa shape index (κ3) is 2.81.